The van der Waals surface area contributed by atoms with Crippen molar-refractivity contribution in [3.05, 3.63) is 6.33 Å². The SMILES string of the molecule is COC(=O)CCC(NC(=O)Cn1cnnn1)C(=O)O. The van der Waals surface area contributed by atoms with Crippen LogP contribution in [0.25, 0.3) is 0 Å². The maximum atomic E-state index is 11.5. The Bertz CT molecular complexity index is 446. The predicted octanol–water partition coefficient (Wildman–Crippen LogP) is -1.80. The quantitative estimate of drug-likeness (QED) is 0.554. The molecular formula is C9H13N5O5. The van der Waals surface area contributed by atoms with Gasteiger partial charge >= 0.3 is 11.9 Å². The van der Waals surface area contributed by atoms with Crippen LogP contribution in [0.3, 0.4) is 0 Å². The van der Waals surface area contributed by atoms with Crippen molar-refractivity contribution in [3.8, 4) is 0 Å². The lowest BCUT2D eigenvalue weighted by atomic mass is 10.1. The van der Waals surface area contributed by atoms with Crippen molar-refractivity contribution in [3.63, 3.8) is 0 Å². The molecule has 10 nitrogen and oxygen atoms in total. The fraction of sp³-hybridized carbons (Fsp3) is 0.556. The van der Waals surface area contributed by atoms with Crippen molar-refractivity contribution in [1.29, 1.82) is 0 Å². The van der Waals surface area contributed by atoms with Gasteiger partial charge < -0.3 is 15.2 Å². The van der Waals surface area contributed by atoms with Gasteiger partial charge in [0.05, 0.1) is 7.11 Å². The molecule has 1 rings (SSSR count). The first-order valence-electron chi connectivity index (χ1n) is 5.32. The average molecular weight is 271 g/mol. The second-order valence-electron chi connectivity index (χ2n) is 3.58. The first kappa shape index (κ1) is 14.5. The van der Waals surface area contributed by atoms with Crippen molar-refractivity contribution in [2.24, 2.45) is 0 Å². The second kappa shape index (κ2) is 7.03. The molecule has 1 aromatic heterocycles. The number of nitrogens with one attached hydrogen (secondary N) is 1. The van der Waals surface area contributed by atoms with E-state index in [2.05, 4.69) is 25.6 Å². The van der Waals surface area contributed by atoms with Crippen molar-refractivity contribution >= 4 is 17.8 Å². The van der Waals surface area contributed by atoms with E-state index in [1.807, 2.05) is 0 Å². The first-order chi connectivity index (χ1) is 9.02. The van der Waals surface area contributed by atoms with E-state index < -0.39 is 23.9 Å². The van der Waals surface area contributed by atoms with E-state index in [9.17, 15) is 14.4 Å². The van der Waals surface area contributed by atoms with Gasteiger partial charge in [0, 0.05) is 6.42 Å². The minimum Gasteiger partial charge on any atom is -0.480 e. The molecule has 0 spiro atoms. The Balaban J connectivity index is 2.46. The fourth-order valence-electron chi connectivity index (χ4n) is 1.26. The van der Waals surface area contributed by atoms with Gasteiger partial charge in [-0.1, -0.05) is 0 Å². The maximum Gasteiger partial charge on any atom is 0.326 e. The summed E-state index contributed by atoms with van der Waals surface area (Å²) in [5, 5.41) is 21.3. The number of aromatic nitrogens is 4. The summed E-state index contributed by atoms with van der Waals surface area (Å²) >= 11 is 0. The van der Waals surface area contributed by atoms with E-state index >= 15 is 0 Å². The molecule has 0 bridgehead atoms. The Labute approximate surface area is 107 Å². The number of rotatable bonds is 7. The Morgan fingerprint density at radius 2 is 2.21 bits per heavy atom. The first-order valence-corrected chi connectivity index (χ1v) is 5.32. The third kappa shape index (κ3) is 5.10. The molecule has 0 radical (unpaired) electrons. The molecule has 0 aliphatic heterocycles. The van der Waals surface area contributed by atoms with Crippen LogP contribution in [0.15, 0.2) is 6.33 Å². The maximum absolute atomic E-state index is 11.5. The normalized spacial score (nSPS) is 11.6. The highest BCUT2D eigenvalue weighted by Crippen LogP contribution is 2.00. The number of esters is 1. The summed E-state index contributed by atoms with van der Waals surface area (Å²) in [6.07, 6.45) is 1.08. The molecule has 10 heteroatoms. The summed E-state index contributed by atoms with van der Waals surface area (Å²) in [6.45, 7) is -0.199. The summed E-state index contributed by atoms with van der Waals surface area (Å²) in [7, 11) is 1.20. The Hall–Kier alpha value is -2.52. The number of carbonyl (C=O) groups excluding carboxylic acids is 2. The van der Waals surface area contributed by atoms with E-state index in [4.69, 9.17) is 5.11 Å². The van der Waals surface area contributed by atoms with Gasteiger partial charge in [0.1, 0.15) is 18.9 Å². The molecule has 0 saturated heterocycles. The van der Waals surface area contributed by atoms with Crippen molar-refractivity contribution in [2.45, 2.75) is 25.4 Å². The van der Waals surface area contributed by atoms with Crippen molar-refractivity contribution in [2.75, 3.05) is 7.11 Å². The summed E-state index contributed by atoms with van der Waals surface area (Å²) in [5.41, 5.74) is 0. The van der Waals surface area contributed by atoms with E-state index in [1.54, 1.807) is 0 Å². The van der Waals surface area contributed by atoms with Gasteiger partial charge in [-0.2, -0.15) is 0 Å². The molecule has 1 aromatic rings. The zero-order chi connectivity index (χ0) is 14.3. The molecule has 0 aromatic carbocycles. The van der Waals surface area contributed by atoms with E-state index in [0.29, 0.717) is 0 Å². The minimum atomic E-state index is -1.23. The van der Waals surface area contributed by atoms with Gasteiger partial charge in [0.15, 0.2) is 0 Å². The number of methoxy groups -OCH3 is 1. The predicted molar refractivity (Wildman–Crippen MR) is 58.6 cm³/mol. The largest absolute Gasteiger partial charge is 0.480 e. The number of hydrogen-bond acceptors (Lipinski definition) is 7. The zero-order valence-corrected chi connectivity index (χ0v) is 10.1. The number of nitrogens with zero attached hydrogens (tertiary/aromatic N) is 4. The van der Waals surface area contributed by atoms with E-state index in [0.717, 1.165) is 4.68 Å². The summed E-state index contributed by atoms with van der Waals surface area (Å²) in [6, 6.07) is -1.16. The topological polar surface area (TPSA) is 136 Å². The van der Waals surface area contributed by atoms with Crippen LogP contribution in [-0.2, 0) is 25.7 Å². The van der Waals surface area contributed by atoms with Crippen molar-refractivity contribution < 1.29 is 24.2 Å². The Morgan fingerprint density at radius 3 is 2.74 bits per heavy atom. The van der Waals surface area contributed by atoms with Crippen LogP contribution < -0.4 is 5.32 Å². The van der Waals surface area contributed by atoms with Gasteiger partial charge in [-0.15, -0.1) is 5.10 Å². The van der Waals surface area contributed by atoms with Gasteiger partial charge in [0.25, 0.3) is 0 Å². The number of carboxylic acid groups (broad SMARTS) is 1. The molecule has 1 atom stereocenters. The molecule has 19 heavy (non-hydrogen) atoms. The van der Waals surface area contributed by atoms with Crippen molar-refractivity contribution in [1.82, 2.24) is 25.5 Å². The molecule has 1 heterocycles. The van der Waals surface area contributed by atoms with Gasteiger partial charge in [0.2, 0.25) is 5.91 Å². The average Bonchev–Trinajstić information content (AvgIpc) is 2.86. The van der Waals surface area contributed by atoms with E-state index in [1.165, 1.54) is 13.4 Å². The molecular weight excluding hydrogens is 258 g/mol. The number of amides is 1. The number of tetrazole rings is 1. The standard InChI is InChI=1S/C9H13N5O5/c1-19-8(16)3-2-6(9(17)18)11-7(15)4-14-5-10-12-13-14/h5-6H,2-4H2,1H3,(H,11,15)(H,17,18). The highest BCUT2D eigenvalue weighted by atomic mass is 16.5. The summed E-state index contributed by atoms with van der Waals surface area (Å²) in [4.78, 5) is 33.4. The molecule has 0 aliphatic rings. The molecule has 1 unspecified atom stereocenters. The van der Waals surface area contributed by atoms with Crippen LogP contribution in [0.4, 0.5) is 0 Å². The van der Waals surface area contributed by atoms with Crippen LogP contribution >= 0.6 is 0 Å². The van der Waals surface area contributed by atoms with Crippen LogP contribution in [0.5, 0.6) is 0 Å². The van der Waals surface area contributed by atoms with Gasteiger partial charge in [-0.25, -0.2) is 9.48 Å². The third-order valence-electron chi connectivity index (χ3n) is 2.20. The number of ether oxygens (including phenoxy) is 1. The lowest BCUT2D eigenvalue weighted by Crippen LogP contribution is -2.42. The number of aliphatic carboxylic acids is 1. The second-order valence-corrected chi connectivity index (χ2v) is 3.58. The molecule has 1 amide bonds. The fourth-order valence-corrected chi connectivity index (χ4v) is 1.26. The van der Waals surface area contributed by atoms with Gasteiger partial charge in [-0.05, 0) is 16.8 Å². The van der Waals surface area contributed by atoms with Gasteiger partial charge in [-0.3, -0.25) is 9.59 Å². The molecule has 0 aliphatic carbocycles. The highest BCUT2D eigenvalue weighted by Gasteiger charge is 2.21. The third-order valence-corrected chi connectivity index (χ3v) is 2.20. The smallest absolute Gasteiger partial charge is 0.326 e. The van der Waals surface area contributed by atoms with Crippen LogP contribution in [-0.4, -0.2) is 56.3 Å². The van der Waals surface area contributed by atoms with Crippen LogP contribution in [0.2, 0.25) is 0 Å². The summed E-state index contributed by atoms with van der Waals surface area (Å²) in [5.74, 6) is -2.33. The molecule has 0 saturated carbocycles. The minimum absolute atomic E-state index is 0.0522. The van der Waals surface area contributed by atoms with Crippen LogP contribution in [0, 0.1) is 0 Å². The number of carboxylic acids is 1. The molecule has 0 fully saturated rings. The Kier molecular flexibility index (Phi) is 5.38. The zero-order valence-electron chi connectivity index (χ0n) is 10.1. The molecule has 104 valence electrons. The molecule has 2 N–H and O–H groups in total. The number of carbonyl (C=O) groups is 3. The number of hydrogen-bond donors (Lipinski definition) is 2. The monoisotopic (exact) mass is 271 g/mol. The lowest BCUT2D eigenvalue weighted by Gasteiger charge is -2.13. The lowest BCUT2D eigenvalue weighted by molar-refractivity contribution is -0.144. The summed E-state index contributed by atoms with van der Waals surface area (Å²) < 4.78 is 5.54. The van der Waals surface area contributed by atoms with Crippen LogP contribution in [0.1, 0.15) is 12.8 Å². The Morgan fingerprint density at radius 1 is 1.47 bits per heavy atom. The van der Waals surface area contributed by atoms with E-state index in [-0.39, 0.29) is 19.4 Å². The highest BCUT2D eigenvalue weighted by molar-refractivity contribution is 5.83.